The number of nitrogens with one attached hydrogen (secondary N) is 1. The van der Waals surface area contributed by atoms with Crippen LogP contribution in [0.4, 0.5) is 5.00 Å². The largest absolute Gasteiger partial charge is 0.465 e. The average Bonchev–Trinajstić information content (AvgIpc) is 3.26. The van der Waals surface area contributed by atoms with Gasteiger partial charge in [0.15, 0.2) is 0 Å². The van der Waals surface area contributed by atoms with E-state index >= 15 is 0 Å². The highest BCUT2D eigenvalue weighted by Gasteiger charge is 2.21. The molecule has 5 nitrogen and oxygen atoms in total. The lowest BCUT2D eigenvalue weighted by Gasteiger charge is -2.07. The van der Waals surface area contributed by atoms with E-state index in [2.05, 4.69) is 5.32 Å². The van der Waals surface area contributed by atoms with Gasteiger partial charge < -0.3 is 14.5 Å². The third-order valence-electron chi connectivity index (χ3n) is 3.94. The van der Waals surface area contributed by atoms with Gasteiger partial charge in [-0.05, 0) is 37.6 Å². The van der Waals surface area contributed by atoms with Crippen molar-refractivity contribution in [2.45, 2.75) is 13.8 Å². The SMILES string of the molecule is COC(=O)c1c(-c2ccc(C)cc2)csc1NC(=O)C=Cc1ccc(C)o1. The van der Waals surface area contributed by atoms with Crippen LogP contribution in [-0.2, 0) is 9.53 Å². The number of amides is 1. The van der Waals surface area contributed by atoms with E-state index in [-0.39, 0.29) is 5.91 Å². The van der Waals surface area contributed by atoms with Crippen LogP contribution in [0.5, 0.6) is 0 Å². The number of esters is 1. The summed E-state index contributed by atoms with van der Waals surface area (Å²) in [6.45, 7) is 3.83. The predicted molar refractivity (Wildman–Crippen MR) is 107 cm³/mol. The first-order chi connectivity index (χ1) is 13.0. The van der Waals surface area contributed by atoms with Gasteiger partial charge in [-0.25, -0.2) is 4.79 Å². The van der Waals surface area contributed by atoms with Gasteiger partial charge in [0.25, 0.3) is 0 Å². The summed E-state index contributed by atoms with van der Waals surface area (Å²) < 4.78 is 10.3. The first kappa shape index (κ1) is 18.7. The second kappa shape index (κ2) is 8.05. The first-order valence-electron chi connectivity index (χ1n) is 8.30. The molecule has 0 atom stereocenters. The summed E-state index contributed by atoms with van der Waals surface area (Å²) in [5.74, 6) is 0.505. The van der Waals surface area contributed by atoms with Crippen molar-refractivity contribution in [1.29, 1.82) is 0 Å². The number of ether oxygens (including phenoxy) is 1. The molecule has 0 saturated carbocycles. The molecule has 0 fully saturated rings. The van der Waals surface area contributed by atoms with E-state index in [1.807, 2.05) is 49.6 Å². The minimum Gasteiger partial charge on any atom is -0.465 e. The highest BCUT2D eigenvalue weighted by atomic mass is 32.1. The van der Waals surface area contributed by atoms with Gasteiger partial charge in [-0.15, -0.1) is 11.3 Å². The van der Waals surface area contributed by atoms with Gasteiger partial charge in [-0.1, -0.05) is 29.8 Å². The molecular formula is C21H19NO4S. The molecule has 0 aliphatic rings. The number of hydrogen-bond acceptors (Lipinski definition) is 5. The minimum absolute atomic E-state index is 0.349. The molecule has 6 heteroatoms. The number of methoxy groups -OCH3 is 1. The van der Waals surface area contributed by atoms with Crippen LogP contribution in [0, 0.1) is 13.8 Å². The number of anilines is 1. The van der Waals surface area contributed by atoms with Crippen molar-refractivity contribution in [2.75, 3.05) is 12.4 Å². The van der Waals surface area contributed by atoms with Crippen LogP contribution in [0.15, 0.2) is 52.3 Å². The zero-order valence-electron chi connectivity index (χ0n) is 15.2. The number of thiophene rings is 1. The van der Waals surface area contributed by atoms with Gasteiger partial charge in [0.05, 0.1) is 7.11 Å². The lowest BCUT2D eigenvalue weighted by atomic mass is 10.0. The van der Waals surface area contributed by atoms with Crippen LogP contribution < -0.4 is 5.32 Å². The molecule has 2 heterocycles. The summed E-state index contributed by atoms with van der Waals surface area (Å²) in [7, 11) is 1.32. The molecule has 0 bridgehead atoms. The molecule has 0 spiro atoms. The molecule has 1 amide bonds. The maximum Gasteiger partial charge on any atom is 0.341 e. The van der Waals surface area contributed by atoms with Crippen LogP contribution in [0.3, 0.4) is 0 Å². The van der Waals surface area contributed by atoms with Crippen molar-refractivity contribution in [3.8, 4) is 11.1 Å². The zero-order valence-corrected chi connectivity index (χ0v) is 16.1. The minimum atomic E-state index is -0.493. The molecule has 138 valence electrons. The molecule has 0 unspecified atom stereocenters. The van der Waals surface area contributed by atoms with E-state index in [1.54, 1.807) is 12.1 Å². The maximum atomic E-state index is 12.3. The Balaban J connectivity index is 1.86. The van der Waals surface area contributed by atoms with Gasteiger partial charge in [-0.3, -0.25) is 4.79 Å². The Morgan fingerprint density at radius 1 is 1.11 bits per heavy atom. The number of rotatable bonds is 5. The van der Waals surface area contributed by atoms with E-state index in [4.69, 9.17) is 9.15 Å². The number of benzene rings is 1. The Bertz CT molecular complexity index is 996. The van der Waals surface area contributed by atoms with Gasteiger partial charge in [0, 0.05) is 17.0 Å². The monoisotopic (exact) mass is 381 g/mol. The summed E-state index contributed by atoms with van der Waals surface area (Å²) >= 11 is 1.28. The predicted octanol–water partition coefficient (Wildman–Crippen LogP) is 5.06. The molecule has 1 aromatic carbocycles. The molecule has 27 heavy (non-hydrogen) atoms. The Labute approximate surface area is 161 Å². The van der Waals surface area contributed by atoms with Gasteiger partial charge >= 0.3 is 5.97 Å². The number of aryl methyl sites for hydroxylation is 2. The van der Waals surface area contributed by atoms with Crippen molar-refractivity contribution in [3.05, 3.63) is 70.5 Å². The van der Waals surface area contributed by atoms with E-state index in [1.165, 1.54) is 24.5 Å². The third-order valence-corrected chi connectivity index (χ3v) is 4.84. The van der Waals surface area contributed by atoms with Crippen molar-refractivity contribution in [3.63, 3.8) is 0 Å². The van der Waals surface area contributed by atoms with Crippen LogP contribution in [0.1, 0.15) is 27.4 Å². The molecular weight excluding hydrogens is 362 g/mol. The second-order valence-corrected chi connectivity index (χ2v) is 6.86. The van der Waals surface area contributed by atoms with Crippen molar-refractivity contribution >= 4 is 34.3 Å². The third kappa shape index (κ3) is 4.35. The fourth-order valence-corrected chi connectivity index (χ4v) is 3.51. The van der Waals surface area contributed by atoms with Crippen LogP contribution >= 0.6 is 11.3 Å². The summed E-state index contributed by atoms with van der Waals surface area (Å²) in [6.07, 6.45) is 2.94. The van der Waals surface area contributed by atoms with E-state index in [9.17, 15) is 9.59 Å². The number of carbonyl (C=O) groups excluding carboxylic acids is 2. The Morgan fingerprint density at radius 2 is 1.85 bits per heavy atom. The lowest BCUT2D eigenvalue weighted by molar-refractivity contribution is -0.111. The van der Waals surface area contributed by atoms with Crippen LogP contribution in [0.2, 0.25) is 0 Å². The fourth-order valence-electron chi connectivity index (χ4n) is 2.55. The number of hydrogen-bond donors (Lipinski definition) is 1. The van der Waals surface area contributed by atoms with Gasteiger partial charge in [0.1, 0.15) is 22.1 Å². The topological polar surface area (TPSA) is 68.5 Å². The first-order valence-corrected chi connectivity index (χ1v) is 9.18. The fraction of sp³-hybridized carbons (Fsp3) is 0.143. The van der Waals surface area contributed by atoms with Crippen molar-refractivity contribution in [1.82, 2.24) is 0 Å². The summed E-state index contributed by atoms with van der Waals surface area (Å²) in [4.78, 5) is 24.6. The molecule has 0 aliphatic heterocycles. The normalized spacial score (nSPS) is 10.9. The Hall–Kier alpha value is -3.12. The number of carbonyl (C=O) groups is 2. The standard InChI is InChI=1S/C21H19NO4S/c1-13-4-7-15(8-5-13)17-12-27-20(19(17)21(24)25-3)22-18(23)11-10-16-9-6-14(2)26-16/h4-12H,1-3H3,(H,22,23). The van der Waals surface area contributed by atoms with Gasteiger partial charge in [-0.2, -0.15) is 0 Å². The molecule has 0 aliphatic carbocycles. The quantitative estimate of drug-likeness (QED) is 0.495. The lowest BCUT2D eigenvalue weighted by Crippen LogP contribution is -2.11. The summed E-state index contributed by atoms with van der Waals surface area (Å²) in [5.41, 5.74) is 3.09. The Morgan fingerprint density at radius 3 is 2.48 bits per heavy atom. The van der Waals surface area contributed by atoms with E-state index in [0.717, 1.165) is 22.5 Å². The molecule has 0 radical (unpaired) electrons. The maximum absolute atomic E-state index is 12.3. The van der Waals surface area contributed by atoms with Crippen LogP contribution in [0.25, 0.3) is 17.2 Å². The zero-order chi connectivity index (χ0) is 19.4. The molecule has 2 aromatic heterocycles. The molecule has 3 rings (SSSR count). The molecule has 0 saturated heterocycles. The van der Waals surface area contributed by atoms with E-state index < -0.39 is 5.97 Å². The molecule has 3 aromatic rings. The van der Waals surface area contributed by atoms with E-state index in [0.29, 0.717) is 16.3 Å². The smallest absolute Gasteiger partial charge is 0.341 e. The Kier molecular flexibility index (Phi) is 5.57. The summed E-state index contributed by atoms with van der Waals surface area (Å²) in [6, 6.07) is 11.4. The average molecular weight is 381 g/mol. The second-order valence-electron chi connectivity index (χ2n) is 5.98. The highest BCUT2D eigenvalue weighted by Crippen LogP contribution is 2.36. The van der Waals surface area contributed by atoms with Crippen LogP contribution in [-0.4, -0.2) is 19.0 Å². The molecule has 1 N–H and O–H groups in total. The van der Waals surface area contributed by atoms with Crippen molar-refractivity contribution in [2.24, 2.45) is 0 Å². The summed E-state index contributed by atoms with van der Waals surface area (Å²) in [5, 5.41) is 5.04. The number of furan rings is 1. The highest BCUT2D eigenvalue weighted by molar-refractivity contribution is 7.15. The van der Waals surface area contributed by atoms with Gasteiger partial charge in [0.2, 0.25) is 5.91 Å². The van der Waals surface area contributed by atoms with Crippen molar-refractivity contribution < 1.29 is 18.7 Å².